The molecule has 0 saturated carbocycles. The highest BCUT2D eigenvalue weighted by Gasteiger charge is 2.12. The Morgan fingerprint density at radius 2 is 1.58 bits per heavy atom. The maximum absolute atomic E-state index is 6.40. The molecule has 2 N–H and O–H groups in total. The third-order valence-electron chi connectivity index (χ3n) is 3.75. The molecule has 0 fully saturated rings. The Morgan fingerprint density at radius 3 is 2.16 bits per heavy atom. The number of hydrogen-bond donors (Lipinski definition) is 1. The Bertz CT molecular complexity index is 556. The van der Waals surface area contributed by atoms with Crippen molar-refractivity contribution in [1.29, 1.82) is 0 Å². The molecule has 0 aliphatic heterocycles. The molecule has 2 nitrogen and oxygen atoms in total. The van der Waals surface area contributed by atoms with E-state index in [9.17, 15) is 0 Å². The van der Waals surface area contributed by atoms with Crippen LogP contribution in [-0.4, -0.2) is 14.1 Å². The summed E-state index contributed by atoms with van der Waals surface area (Å²) in [4.78, 5) is 2.09. The van der Waals surface area contributed by atoms with Gasteiger partial charge in [-0.15, -0.1) is 0 Å². The Hall–Kier alpha value is -1.80. The zero-order valence-corrected chi connectivity index (χ0v) is 12.1. The van der Waals surface area contributed by atoms with Crippen molar-refractivity contribution < 1.29 is 0 Å². The van der Waals surface area contributed by atoms with Crippen molar-refractivity contribution in [3.63, 3.8) is 0 Å². The van der Waals surface area contributed by atoms with E-state index in [0.29, 0.717) is 0 Å². The lowest BCUT2D eigenvalue weighted by Gasteiger charge is -2.18. The third kappa shape index (κ3) is 2.79. The first-order chi connectivity index (χ1) is 9.00. The first kappa shape index (κ1) is 13.6. The van der Waals surface area contributed by atoms with Crippen LogP contribution >= 0.6 is 0 Å². The van der Waals surface area contributed by atoms with Crippen molar-refractivity contribution >= 4 is 5.69 Å². The molecule has 2 aromatic rings. The largest absolute Gasteiger partial charge is 0.378 e. The number of benzene rings is 2. The number of rotatable bonds is 3. The van der Waals surface area contributed by atoms with Gasteiger partial charge >= 0.3 is 0 Å². The minimum Gasteiger partial charge on any atom is -0.378 e. The lowest BCUT2D eigenvalue weighted by atomic mass is 9.93. The molecular weight excluding hydrogens is 232 g/mol. The van der Waals surface area contributed by atoms with Gasteiger partial charge in [-0.3, -0.25) is 0 Å². The first-order valence-corrected chi connectivity index (χ1v) is 6.59. The van der Waals surface area contributed by atoms with E-state index in [0.717, 1.165) is 5.56 Å². The van der Waals surface area contributed by atoms with Crippen molar-refractivity contribution in [1.82, 2.24) is 0 Å². The Morgan fingerprint density at radius 1 is 0.947 bits per heavy atom. The average molecular weight is 254 g/mol. The number of nitrogens with zero attached hydrogens (tertiary/aromatic N) is 1. The van der Waals surface area contributed by atoms with Crippen molar-refractivity contribution in [2.45, 2.75) is 19.9 Å². The normalized spacial score (nSPS) is 12.3. The van der Waals surface area contributed by atoms with Gasteiger partial charge in [0.1, 0.15) is 0 Å². The monoisotopic (exact) mass is 254 g/mol. The smallest absolute Gasteiger partial charge is 0.0554 e. The Labute approximate surface area is 115 Å². The van der Waals surface area contributed by atoms with Crippen LogP contribution in [0.3, 0.4) is 0 Å². The molecule has 2 rings (SSSR count). The van der Waals surface area contributed by atoms with E-state index in [2.05, 4.69) is 61.2 Å². The van der Waals surface area contributed by atoms with Gasteiger partial charge in [0.15, 0.2) is 0 Å². The Kier molecular flexibility index (Phi) is 3.91. The lowest BCUT2D eigenvalue weighted by Crippen LogP contribution is -2.14. The predicted molar refractivity (Wildman–Crippen MR) is 82.7 cm³/mol. The number of hydrogen-bond acceptors (Lipinski definition) is 2. The highest BCUT2D eigenvalue weighted by atomic mass is 15.1. The number of nitrogens with two attached hydrogens (primary N) is 1. The van der Waals surface area contributed by atoms with E-state index >= 15 is 0 Å². The summed E-state index contributed by atoms with van der Waals surface area (Å²) in [6.45, 7) is 4.26. The summed E-state index contributed by atoms with van der Waals surface area (Å²) in [5.41, 5.74) is 12.5. The van der Waals surface area contributed by atoms with Crippen LogP contribution in [0.5, 0.6) is 0 Å². The molecule has 0 aromatic heterocycles. The number of aryl methyl sites for hydroxylation is 1. The number of anilines is 1. The van der Waals surface area contributed by atoms with Crippen LogP contribution in [0.15, 0.2) is 42.5 Å². The summed E-state index contributed by atoms with van der Waals surface area (Å²) in [6.07, 6.45) is 0. The molecule has 2 aromatic carbocycles. The molecule has 1 atom stereocenters. The van der Waals surface area contributed by atoms with Gasteiger partial charge < -0.3 is 10.6 Å². The summed E-state index contributed by atoms with van der Waals surface area (Å²) in [5, 5.41) is 0. The third-order valence-corrected chi connectivity index (χ3v) is 3.75. The van der Waals surface area contributed by atoms with Crippen LogP contribution in [-0.2, 0) is 0 Å². The van der Waals surface area contributed by atoms with Crippen LogP contribution in [0, 0.1) is 13.8 Å². The van der Waals surface area contributed by atoms with Crippen LogP contribution in [0.25, 0.3) is 0 Å². The minimum atomic E-state index is -0.0592. The van der Waals surface area contributed by atoms with Gasteiger partial charge in [0.05, 0.1) is 6.04 Å². The molecule has 0 heterocycles. The fourth-order valence-corrected chi connectivity index (χ4v) is 2.27. The second-order valence-corrected chi connectivity index (χ2v) is 5.25. The maximum atomic E-state index is 6.40. The zero-order valence-electron chi connectivity index (χ0n) is 12.1. The van der Waals surface area contributed by atoms with Crippen LogP contribution in [0.1, 0.15) is 28.3 Å². The molecule has 0 bridgehead atoms. The molecule has 0 saturated heterocycles. The van der Waals surface area contributed by atoms with Gasteiger partial charge in [0, 0.05) is 19.8 Å². The van der Waals surface area contributed by atoms with E-state index in [4.69, 9.17) is 5.73 Å². The summed E-state index contributed by atoms with van der Waals surface area (Å²) in [5.74, 6) is 0. The van der Waals surface area contributed by atoms with E-state index in [1.54, 1.807) is 0 Å². The highest BCUT2D eigenvalue weighted by Crippen LogP contribution is 2.25. The van der Waals surface area contributed by atoms with Gasteiger partial charge in [-0.05, 0) is 48.2 Å². The Balaban J connectivity index is 2.33. The van der Waals surface area contributed by atoms with Gasteiger partial charge in [-0.25, -0.2) is 0 Å². The molecule has 19 heavy (non-hydrogen) atoms. The highest BCUT2D eigenvalue weighted by molar-refractivity contribution is 5.48. The molecule has 0 aliphatic rings. The molecule has 0 amide bonds. The second kappa shape index (κ2) is 5.45. The molecular formula is C17H22N2. The van der Waals surface area contributed by atoms with Gasteiger partial charge in [0.2, 0.25) is 0 Å². The molecule has 0 spiro atoms. The topological polar surface area (TPSA) is 29.3 Å². The fourth-order valence-electron chi connectivity index (χ4n) is 2.27. The van der Waals surface area contributed by atoms with Crippen LogP contribution < -0.4 is 10.6 Å². The lowest BCUT2D eigenvalue weighted by molar-refractivity contribution is 0.858. The standard InChI is InChI=1S/C17H22N2/c1-12-6-5-7-16(13(12)2)17(18)14-8-10-15(11-9-14)19(3)4/h5-11,17H,18H2,1-4H3. The van der Waals surface area contributed by atoms with Crippen molar-refractivity contribution in [3.05, 3.63) is 64.7 Å². The van der Waals surface area contributed by atoms with Crippen LogP contribution in [0.2, 0.25) is 0 Å². The molecule has 0 aliphatic carbocycles. The summed E-state index contributed by atoms with van der Waals surface area (Å²) in [6, 6.07) is 14.7. The quantitative estimate of drug-likeness (QED) is 0.909. The van der Waals surface area contributed by atoms with Gasteiger partial charge in [-0.1, -0.05) is 30.3 Å². The molecule has 1 unspecified atom stereocenters. The summed E-state index contributed by atoms with van der Waals surface area (Å²) in [7, 11) is 4.08. The zero-order chi connectivity index (χ0) is 14.0. The van der Waals surface area contributed by atoms with Gasteiger partial charge in [0.25, 0.3) is 0 Å². The van der Waals surface area contributed by atoms with Crippen molar-refractivity contribution in [3.8, 4) is 0 Å². The summed E-state index contributed by atoms with van der Waals surface area (Å²) < 4.78 is 0. The van der Waals surface area contributed by atoms with Crippen LogP contribution in [0.4, 0.5) is 5.69 Å². The van der Waals surface area contributed by atoms with Crippen molar-refractivity contribution in [2.75, 3.05) is 19.0 Å². The van der Waals surface area contributed by atoms with Gasteiger partial charge in [-0.2, -0.15) is 0 Å². The average Bonchev–Trinajstić information content (AvgIpc) is 2.41. The molecule has 2 heteroatoms. The molecule has 100 valence electrons. The molecule has 0 radical (unpaired) electrons. The van der Waals surface area contributed by atoms with E-state index in [-0.39, 0.29) is 6.04 Å². The summed E-state index contributed by atoms with van der Waals surface area (Å²) >= 11 is 0. The van der Waals surface area contributed by atoms with Crippen molar-refractivity contribution in [2.24, 2.45) is 5.73 Å². The van der Waals surface area contributed by atoms with E-state index in [1.165, 1.54) is 22.4 Å². The second-order valence-electron chi connectivity index (χ2n) is 5.25. The predicted octanol–water partition coefficient (Wildman–Crippen LogP) is 3.42. The van der Waals surface area contributed by atoms with E-state index in [1.807, 2.05) is 14.1 Å². The fraction of sp³-hybridized carbons (Fsp3) is 0.294. The maximum Gasteiger partial charge on any atom is 0.0554 e. The first-order valence-electron chi connectivity index (χ1n) is 6.59. The SMILES string of the molecule is Cc1cccc(C(N)c2ccc(N(C)C)cc2)c1C. The van der Waals surface area contributed by atoms with E-state index < -0.39 is 0 Å². The minimum absolute atomic E-state index is 0.0592.